The molecule has 1 atom stereocenters. The zero-order chi connectivity index (χ0) is 14.7. The molecule has 0 aromatic heterocycles. The molecule has 0 heterocycles. The highest BCUT2D eigenvalue weighted by molar-refractivity contribution is 9.10. The van der Waals surface area contributed by atoms with Crippen molar-refractivity contribution in [1.82, 2.24) is 5.32 Å². The average molecular weight is 355 g/mol. The van der Waals surface area contributed by atoms with Gasteiger partial charge in [0.05, 0.1) is 18.2 Å². The van der Waals surface area contributed by atoms with Gasteiger partial charge in [0, 0.05) is 4.47 Å². The summed E-state index contributed by atoms with van der Waals surface area (Å²) in [6, 6.07) is 12.2. The van der Waals surface area contributed by atoms with Crippen LogP contribution in [0.3, 0.4) is 0 Å². The molecule has 0 aliphatic rings. The second-order valence-corrected chi connectivity index (χ2v) is 5.79. The van der Waals surface area contributed by atoms with Gasteiger partial charge in [0.25, 0.3) is 0 Å². The summed E-state index contributed by atoms with van der Waals surface area (Å²) in [5, 5.41) is 3.96. The van der Waals surface area contributed by atoms with E-state index in [0.717, 1.165) is 10.0 Å². The Labute approximate surface area is 133 Å². The van der Waals surface area contributed by atoms with Crippen molar-refractivity contribution in [2.45, 2.75) is 13.0 Å². The third-order valence-electron chi connectivity index (χ3n) is 3.33. The van der Waals surface area contributed by atoms with Crippen molar-refractivity contribution >= 4 is 27.5 Å². The maximum atomic E-state index is 6.22. The van der Waals surface area contributed by atoms with E-state index in [2.05, 4.69) is 46.4 Å². The Morgan fingerprint density at radius 2 is 2.00 bits per heavy atom. The molecule has 106 valence electrons. The molecular formula is C16H17BrClNO. The van der Waals surface area contributed by atoms with Crippen LogP contribution in [0.25, 0.3) is 0 Å². The second kappa shape index (κ2) is 6.61. The van der Waals surface area contributed by atoms with E-state index in [-0.39, 0.29) is 6.04 Å². The lowest BCUT2D eigenvalue weighted by Gasteiger charge is -2.20. The molecule has 0 bridgehead atoms. The van der Waals surface area contributed by atoms with Gasteiger partial charge in [0.1, 0.15) is 5.75 Å². The molecule has 0 amide bonds. The predicted molar refractivity (Wildman–Crippen MR) is 87.8 cm³/mol. The van der Waals surface area contributed by atoms with E-state index >= 15 is 0 Å². The first-order valence-corrected chi connectivity index (χ1v) is 7.51. The monoisotopic (exact) mass is 353 g/mol. The van der Waals surface area contributed by atoms with Crippen molar-refractivity contribution in [1.29, 1.82) is 0 Å². The number of aryl methyl sites for hydroxylation is 1. The first-order valence-electron chi connectivity index (χ1n) is 6.34. The summed E-state index contributed by atoms with van der Waals surface area (Å²) in [6.45, 7) is 2.08. The maximum absolute atomic E-state index is 6.22. The number of ether oxygens (including phenoxy) is 1. The summed E-state index contributed by atoms with van der Waals surface area (Å²) >= 11 is 9.89. The second-order valence-electron chi connectivity index (χ2n) is 4.59. The van der Waals surface area contributed by atoms with Crippen molar-refractivity contribution in [2.75, 3.05) is 14.2 Å². The normalized spacial score (nSPS) is 12.2. The van der Waals surface area contributed by atoms with E-state index in [4.69, 9.17) is 16.3 Å². The topological polar surface area (TPSA) is 21.3 Å². The summed E-state index contributed by atoms with van der Waals surface area (Å²) in [7, 11) is 3.56. The minimum Gasteiger partial charge on any atom is -0.495 e. The van der Waals surface area contributed by atoms with Crippen LogP contribution < -0.4 is 10.1 Å². The van der Waals surface area contributed by atoms with E-state index in [1.54, 1.807) is 7.11 Å². The van der Waals surface area contributed by atoms with Crippen molar-refractivity contribution < 1.29 is 4.74 Å². The molecule has 0 spiro atoms. The van der Waals surface area contributed by atoms with Crippen LogP contribution in [-0.4, -0.2) is 14.2 Å². The van der Waals surface area contributed by atoms with E-state index < -0.39 is 0 Å². The minimum absolute atomic E-state index is 0.0766. The molecule has 2 aromatic carbocycles. The lowest BCUT2D eigenvalue weighted by Crippen LogP contribution is -2.18. The van der Waals surface area contributed by atoms with Gasteiger partial charge in [-0.2, -0.15) is 0 Å². The summed E-state index contributed by atoms with van der Waals surface area (Å²) in [6.07, 6.45) is 0. The van der Waals surface area contributed by atoms with Gasteiger partial charge in [-0.1, -0.05) is 51.8 Å². The van der Waals surface area contributed by atoms with E-state index in [1.807, 2.05) is 25.2 Å². The average Bonchev–Trinajstić information content (AvgIpc) is 2.44. The summed E-state index contributed by atoms with van der Waals surface area (Å²) in [5.41, 5.74) is 3.50. The molecule has 0 aliphatic heterocycles. The zero-order valence-corrected chi connectivity index (χ0v) is 14.0. The van der Waals surface area contributed by atoms with Crippen LogP contribution >= 0.6 is 27.5 Å². The van der Waals surface area contributed by atoms with Crippen molar-refractivity contribution in [2.24, 2.45) is 0 Å². The molecule has 0 fully saturated rings. The van der Waals surface area contributed by atoms with Gasteiger partial charge in [0.2, 0.25) is 0 Å². The molecule has 1 N–H and O–H groups in total. The number of benzene rings is 2. The largest absolute Gasteiger partial charge is 0.495 e. The number of hydrogen-bond acceptors (Lipinski definition) is 2. The molecule has 0 radical (unpaired) electrons. The zero-order valence-electron chi connectivity index (χ0n) is 11.7. The van der Waals surface area contributed by atoms with Crippen LogP contribution in [0.4, 0.5) is 0 Å². The molecule has 2 nitrogen and oxygen atoms in total. The Balaban J connectivity index is 2.47. The number of methoxy groups -OCH3 is 1. The van der Waals surface area contributed by atoms with Gasteiger partial charge < -0.3 is 10.1 Å². The van der Waals surface area contributed by atoms with Crippen LogP contribution in [-0.2, 0) is 0 Å². The minimum atomic E-state index is 0.0766. The summed E-state index contributed by atoms with van der Waals surface area (Å²) in [4.78, 5) is 0. The van der Waals surface area contributed by atoms with Crippen LogP contribution in [0.1, 0.15) is 22.7 Å². The van der Waals surface area contributed by atoms with Crippen molar-refractivity contribution in [3.63, 3.8) is 0 Å². The Kier molecular flexibility index (Phi) is 5.08. The Bertz CT molecular complexity index is 615. The Morgan fingerprint density at radius 1 is 1.25 bits per heavy atom. The fraction of sp³-hybridized carbons (Fsp3) is 0.250. The van der Waals surface area contributed by atoms with E-state index in [1.165, 1.54) is 11.1 Å². The molecule has 0 aliphatic carbocycles. The van der Waals surface area contributed by atoms with Gasteiger partial charge in [0.15, 0.2) is 0 Å². The number of nitrogens with one attached hydrogen (secondary N) is 1. The molecule has 0 saturated heterocycles. The Hall–Kier alpha value is -1.03. The Morgan fingerprint density at radius 3 is 2.60 bits per heavy atom. The number of halogens is 2. The predicted octanol–water partition coefficient (Wildman–Crippen LogP) is 4.73. The van der Waals surface area contributed by atoms with Crippen molar-refractivity contribution in [3.05, 3.63) is 62.6 Å². The third-order valence-corrected chi connectivity index (χ3v) is 4.71. The SMILES string of the molecule is CNC(c1ccc(OC)c(Cl)c1)c1cccc(C)c1Br. The molecule has 20 heavy (non-hydrogen) atoms. The van der Waals surface area contributed by atoms with Gasteiger partial charge in [-0.25, -0.2) is 0 Å². The van der Waals surface area contributed by atoms with Gasteiger partial charge in [-0.05, 0) is 42.8 Å². The smallest absolute Gasteiger partial charge is 0.137 e. The lowest BCUT2D eigenvalue weighted by molar-refractivity contribution is 0.414. The van der Waals surface area contributed by atoms with Crippen LogP contribution in [0.5, 0.6) is 5.75 Å². The molecule has 4 heteroatoms. The fourth-order valence-electron chi connectivity index (χ4n) is 2.26. The molecular weight excluding hydrogens is 338 g/mol. The fourth-order valence-corrected chi connectivity index (χ4v) is 3.02. The highest BCUT2D eigenvalue weighted by Crippen LogP contribution is 2.34. The summed E-state index contributed by atoms with van der Waals surface area (Å²) in [5.74, 6) is 0.688. The number of hydrogen-bond donors (Lipinski definition) is 1. The van der Waals surface area contributed by atoms with Gasteiger partial charge in [-0.15, -0.1) is 0 Å². The van der Waals surface area contributed by atoms with Crippen LogP contribution in [0.15, 0.2) is 40.9 Å². The van der Waals surface area contributed by atoms with Gasteiger partial charge >= 0.3 is 0 Å². The lowest BCUT2D eigenvalue weighted by atomic mass is 9.97. The highest BCUT2D eigenvalue weighted by Gasteiger charge is 2.17. The van der Waals surface area contributed by atoms with Crippen LogP contribution in [0, 0.1) is 6.92 Å². The third kappa shape index (κ3) is 3.00. The van der Waals surface area contributed by atoms with E-state index in [9.17, 15) is 0 Å². The molecule has 2 aromatic rings. The first kappa shape index (κ1) is 15.4. The standard InChI is InChI=1S/C16H17BrClNO/c1-10-5-4-6-12(15(10)17)16(19-2)11-7-8-14(20-3)13(18)9-11/h4-9,16,19H,1-3H3. The van der Waals surface area contributed by atoms with Gasteiger partial charge in [-0.3, -0.25) is 0 Å². The van der Waals surface area contributed by atoms with E-state index in [0.29, 0.717) is 10.8 Å². The molecule has 0 saturated carbocycles. The summed E-state index contributed by atoms with van der Waals surface area (Å²) < 4.78 is 6.32. The first-order chi connectivity index (χ1) is 9.58. The highest BCUT2D eigenvalue weighted by atomic mass is 79.9. The van der Waals surface area contributed by atoms with Crippen molar-refractivity contribution in [3.8, 4) is 5.75 Å². The quantitative estimate of drug-likeness (QED) is 0.857. The maximum Gasteiger partial charge on any atom is 0.137 e. The number of rotatable bonds is 4. The molecule has 2 rings (SSSR count). The molecule has 1 unspecified atom stereocenters. The van der Waals surface area contributed by atoms with Crippen LogP contribution in [0.2, 0.25) is 5.02 Å².